The fraction of sp³-hybridized carbons (Fsp3) is 0.500. The molecule has 2 rings (SSSR count). The lowest BCUT2D eigenvalue weighted by molar-refractivity contribution is -0.107. The Balaban J connectivity index is 2.18. The molecule has 1 aliphatic rings. The van der Waals surface area contributed by atoms with Gasteiger partial charge in [0.2, 0.25) is 10.0 Å². The molecule has 0 heterocycles. The summed E-state index contributed by atoms with van der Waals surface area (Å²) < 4.78 is 27.5. The number of halogens is 1. The second kappa shape index (κ2) is 6.83. The van der Waals surface area contributed by atoms with Crippen LogP contribution >= 0.6 is 15.9 Å². The maximum atomic E-state index is 12.3. The van der Waals surface area contributed by atoms with Gasteiger partial charge in [0.1, 0.15) is 6.29 Å². The Morgan fingerprint density at radius 1 is 1.25 bits per heavy atom. The highest BCUT2D eigenvalue weighted by Crippen LogP contribution is 2.24. The van der Waals surface area contributed by atoms with Crippen molar-refractivity contribution in [3.05, 3.63) is 29.8 Å². The van der Waals surface area contributed by atoms with E-state index in [1.54, 1.807) is 24.3 Å². The largest absolute Gasteiger partial charge is 0.302 e. The van der Waals surface area contributed by atoms with Crippen molar-refractivity contribution in [2.24, 2.45) is 0 Å². The molecular weight excluding hydrogens is 342 g/mol. The third-order valence-corrected chi connectivity index (χ3v) is 5.80. The Bertz CT molecular complexity index is 568. The van der Waals surface area contributed by atoms with E-state index in [9.17, 15) is 13.2 Å². The molecule has 0 bridgehead atoms. The van der Waals surface area contributed by atoms with Crippen molar-refractivity contribution in [1.29, 1.82) is 0 Å². The topological polar surface area (TPSA) is 63.2 Å². The van der Waals surface area contributed by atoms with Gasteiger partial charge in [0, 0.05) is 6.04 Å². The molecule has 1 N–H and O–H groups in total. The molecule has 6 heteroatoms. The molecule has 1 aromatic carbocycles. The third kappa shape index (κ3) is 3.90. The van der Waals surface area contributed by atoms with E-state index in [4.69, 9.17) is 0 Å². The third-order valence-electron chi connectivity index (χ3n) is 3.53. The van der Waals surface area contributed by atoms with E-state index in [0.717, 1.165) is 32.0 Å². The van der Waals surface area contributed by atoms with Crippen LogP contribution in [0.15, 0.2) is 29.2 Å². The van der Waals surface area contributed by atoms with Gasteiger partial charge in [-0.1, -0.05) is 47.3 Å². The zero-order valence-corrected chi connectivity index (χ0v) is 13.5. The zero-order chi connectivity index (χ0) is 14.6. The van der Waals surface area contributed by atoms with E-state index in [2.05, 4.69) is 20.7 Å². The van der Waals surface area contributed by atoms with Crippen LogP contribution in [-0.4, -0.2) is 20.7 Å². The van der Waals surface area contributed by atoms with E-state index in [1.165, 1.54) is 6.42 Å². The summed E-state index contributed by atoms with van der Waals surface area (Å²) in [5.74, 6) is 0. The number of nitrogens with one attached hydrogen (secondary N) is 1. The van der Waals surface area contributed by atoms with Gasteiger partial charge in [-0.15, -0.1) is 0 Å². The summed E-state index contributed by atoms with van der Waals surface area (Å²) in [5.41, 5.74) is 0.645. The number of carbonyl (C=O) groups is 1. The molecule has 1 fully saturated rings. The van der Waals surface area contributed by atoms with E-state index >= 15 is 0 Å². The van der Waals surface area contributed by atoms with Crippen LogP contribution in [0.1, 0.15) is 42.5 Å². The first-order chi connectivity index (χ1) is 9.53. The zero-order valence-electron chi connectivity index (χ0n) is 11.1. The first-order valence-electron chi connectivity index (χ1n) is 6.74. The van der Waals surface area contributed by atoms with E-state index in [-0.39, 0.29) is 10.9 Å². The fourth-order valence-corrected chi connectivity index (χ4v) is 4.08. The predicted molar refractivity (Wildman–Crippen MR) is 81.4 cm³/mol. The van der Waals surface area contributed by atoms with Gasteiger partial charge in [-0.3, -0.25) is 0 Å². The molecule has 4 nitrogen and oxygen atoms in total. The smallest absolute Gasteiger partial charge is 0.240 e. The number of alkyl halides is 1. The molecule has 1 aliphatic carbocycles. The maximum absolute atomic E-state index is 12.3. The number of hydrogen-bond acceptors (Lipinski definition) is 3. The molecule has 1 saturated carbocycles. The summed E-state index contributed by atoms with van der Waals surface area (Å²) in [6.07, 6.45) is 5.85. The second-order valence-electron chi connectivity index (χ2n) is 5.07. The molecule has 1 aromatic rings. The van der Waals surface area contributed by atoms with E-state index in [1.807, 2.05) is 0 Å². The number of aldehydes is 1. The molecule has 0 aliphatic heterocycles. The van der Waals surface area contributed by atoms with Crippen molar-refractivity contribution < 1.29 is 13.2 Å². The van der Waals surface area contributed by atoms with Crippen LogP contribution in [0.4, 0.5) is 0 Å². The lowest BCUT2D eigenvalue weighted by Crippen LogP contribution is -2.36. The Labute approximate surface area is 128 Å². The highest BCUT2D eigenvalue weighted by molar-refractivity contribution is 9.09. The van der Waals surface area contributed by atoms with Crippen LogP contribution in [0.2, 0.25) is 0 Å². The summed E-state index contributed by atoms with van der Waals surface area (Å²) in [5, 5.41) is 0. The molecule has 110 valence electrons. The van der Waals surface area contributed by atoms with Crippen molar-refractivity contribution in [3.63, 3.8) is 0 Å². The van der Waals surface area contributed by atoms with Gasteiger partial charge >= 0.3 is 0 Å². The Hall–Kier alpha value is -0.720. The molecule has 0 aromatic heterocycles. The maximum Gasteiger partial charge on any atom is 0.240 e. The van der Waals surface area contributed by atoms with Gasteiger partial charge in [-0.25, -0.2) is 13.1 Å². The SMILES string of the molecule is O=CC(Br)c1cccc(S(=O)(=O)NC2CCCCC2)c1. The first-order valence-corrected chi connectivity index (χ1v) is 9.14. The molecule has 1 unspecified atom stereocenters. The van der Waals surface area contributed by atoms with Gasteiger partial charge in [-0.2, -0.15) is 0 Å². The quantitative estimate of drug-likeness (QED) is 0.649. The Kier molecular flexibility index (Phi) is 5.35. The number of hydrogen-bond donors (Lipinski definition) is 1. The normalized spacial score (nSPS) is 18.6. The molecule has 20 heavy (non-hydrogen) atoms. The number of benzene rings is 1. The van der Waals surface area contributed by atoms with Crippen LogP contribution < -0.4 is 4.72 Å². The van der Waals surface area contributed by atoms with Crippen LogP contribution in [0, 0.1) is 0 Å². The Morgan fingerprint density at radius 3 is 2.60 bits per heavy atom. The van der Waals surface area contributed by atoms with Crippen molar-refractivity contribution in [3.8, 4) is 0 Å². The predicted octanol–water partition coefficient (Wildman–Crippen LogP) is 2.93. The molecule has 0 amide bonds. The minimum atomic E-state index is -3.51. The fourth-order valence-electron chi connectivity index (χ4n) is 2.44. The summed E-state index contributed by atoms with van der Waals surface area (Å²) >= 11 is 3.20. The summed E-state index contributed by atoms with van der Waals surface area (Å²) in [7, 11) is -3.51. The van der Waals surface area contributed by atoms with Crippen LogP contribution in [-0.2, 0) is 14.8 Å². The van der Waals surface area contributed by atoms with Crippen LogP contribution in [0.5, 0.6) is 0 Å². The molecule has 0 saturated heterocycles. The molecule has 0 radical (unpaired) electrons. The molecule has 0 spiro atoms. The van der Waals surface area contributed by atoms with Crippen molar-refractivity contribution in [2.45, 2.75) is 47.9 Å². The van der Waals surface area contributed by atoms with Crippen molar-refractivity contribution >= 4 is 32.2 Å². The highest BCUT2D eigenvalue weighted by Gasteiger charge is 2.22. The summed E-state index contributed by atoms with van der Waals surface area (Å²) in [6, 6.07) is 6.51. The lowest BCUT2D eigenvalue weighted by atomic mass is 9.96. The molecule has 1 atom stereocenters. The minimum absolute atomic E-state index is 0.0308. The van der Waals surface area contributed by atoms with Crippen molar-refractivity contribution in [1.82, 2.24) is 4.72 Å². The van der Waals surface area contributed by atoms with Gasteiger partial charge in [-0.05, 0) is 30.5 Å². The van der Waals surface area contributed by atoms with E-state index < -0.39 is 14.9 Å². The Morgan fingerprint density at radius 2 is 1.95 bits per heavy atom. The summed E-state index contributed by atoms with van der Waals surface area (Å²) in [4.78, 5) is 10.5. The number of carbonyl (C=O) groups excluding carboxylic acids is 1. The van der Waals surface area contributed by atoms with Gasteiger partial charge in [0.15, 0.2) is 0 Å². The van der Waals surface area contributed by atoms with E-state index in [0.29, 0.717) is 5.56 Å². The molecular formula is C14H18BrNO3S. The van der Waals surface area contributed by atoms with Gasteiger partial charge in [0.05, 0.1) is 9.72 Å². The van der Waals surface area contributed by atoms with Crippen LogP contribution in [0.25, 0.3) is 0 Å². The van der Waals surface area contributed by atoms with Gasteiger partial charge in [0.25, 0.3) is 0 Å². The lowest BCUT2D eigenvalue weighted by Gasteiger charge is -2.22. The summed E-state index contributed by atoms with van der Waals surface area (Å²) in [6.45, 7) is 0. The highest BCUT2D eigenvalue weighted by atomic mass is 79.9. The average Bonchev–Trinajstić information content (AvgIpc) is 2.47. The second-order valence-corrected chi connectivity index (χ2v) is 7.77. The van der Waals surface area contributed by atoms with Crippen LogP contribution in [0.3, 0.4) is 0 Å². The average molecular weight is 360 g/mol. The van der Waals surface area contributed by atoms with Crippen molar-refractivity contribution in [2.75, 3.05) is 0 Å². The number of sulfonamides is 1. The minimum Gasteiger partial charge on any atom is -0.302 e. The van der Waals surface area contributed by atoms with Gasteiger partial charge < -0.3 is 4.79 Å². The number of rotatable bonds is 5. The first kappa shape index (κ1) is 15.7. The monoisotopic (exact) mass is 359 g/mol. The standard InChI is InChI=1S/C14H18BrNO3S/c15-14(10-17)11-5-4-8-13(9-11)20(18,19)16-12-6-2-1-3-7-12/h4-5,8-10,12,14,16H,1-3,6-7H2.